The molecule has 3 aliphatic rings. The number of anilines is 1. The van der Waals surface area contributed by atoms with Crippen molar-refractivity contribution in [3.05, 3.63) is 53.1 Å². The lowest BCUT2D eigenvalue weighted by Gasteiger charge is -2.40. The summed E-state index contributed by atoms with van der Waals surface area (Å²) in [5.74, 6) is 0.239. The van der Waals surface area contributed by atoms with E-state index in [0.717, 1.165) is 45.0 Å². The summed E-state index contributed by atoms with van der Waals surface area (Å²) in [5, 5.41) is 0. The number of ether oxygens (including phenoxy) is 1. The molecule has 2 fully saturated rings. The Hall–Kier alpha value is -2.17. The fraction of sp³-hybridized carbons (Fsp3) is 0.536. The van der Waals surface area contributed by atoms with Gasteiger partial charge in [-0.1, -0.05) is 38.5 Å². The third kappa shape index (κ3) is 3.48. The molecule has 0 unspecified atom stereocenters. The predicted octanol–water partition coefficient (Wildman–Crippen LogP) is 5.28. The lowest BCUT2D eigenvalue weighted by Crippen LogP contribution is -2.52. The van der Waals surface area contributed by atoms with E-state index < -0.39 is 5.54 Å². The Morgan fingerprint density at radius 1 is 0.875 bits per heavy atom. The van der Waals surface area contributed by atoms with Crippen LogP contribution in [0.5, 0.6) is 0 Å². The summed E-state index contributed by atoms with van der Waals surface area (Å²) in [6.45, 7) is 14.3. The van der Waals surface area contributed by atoms with Crippen LogP contribution in [-0.4, -0.2) is 55.6 Å². The minimum atomic E-state index is -0.465. The maximum absolute atomic E-state index is 13.6. The van der Waals surface area contributed by atoms with E-state index in [9.17, 15) is 4.79 Å². The van der Waals surface area contributed by atoms with Crippen LogP contribution in [-0.2, 0) is 10.2 Å². The van der Waals surface area contributed by atoms with Gasteiger partial charge < -0.3 is 9.64 Å². The molecule has 32 heavy (non-hydrogen) atoms. The summed E-state index contributed by atoms with van der Waals surface area (Å²) in [7, 11) is 0. The van der Waals surface area contributed by atoms with E-state index in [0.29, 0.717) is 0 Å². The molecule has 0 amide bonds. The normalized spacial score (nSPS) is 20.7. The van der Waals surface area contributed by atoms with Gasteiger partial charge in [0.25, 0.3) is 0 Å². The summed E-state index contributed by atoms with van der Waals surface area (Å²) in [6, 6.07) is 13.3. The van der Waals surface area contributed by atoms with E-state index >= 15 is 0 Å². The number of ketones is 1. The molecule has 5 rings (SSSR count). The van der Waals surface area contributed by atoms with Crippen molar-refractivity contribution in [2.45, 2.75) is 57.9 Å². The van der Waals surface area contributed by atoms with Crippen LogP contribution >= 0.6 is 0 Å². The van der Waals surface area contributed by atoms with Crippen molar-refractivity contribution in [3.63, 3.8) is 0 Å². The largest absolute Gasteiger partial charge is 0.378 e. The number of benzene rings is 2. The molecule has 2 aromatic carbocycles. The van der Waals surface area contributed by atoms with Crippen LogP contribution in [0.25, 0.3) is 11.1 Å². The topological polar surface area (TPSA) is 32.8 Å². The van der Waals surface area contributed by atoms with Crippen molar-refractivity contribution in [1.29, 1.82) is 0 Å². The Bertz CT molecular complexity index is 1030. The van der Waals surface area contributed by atoms with Crippen LogP contribution in [0.15, 0.2) is 36.4 Å². The van der Waals surface area contributed by atoms with Gasteiger partial charge in [0.15, 0.2) is 5.78 Å². The van der Waals surface area contributed by atoms with Gasteiger partial charge in [-0.05, 0) is 80.2 Å². The zero-order chi connectivity index (χ0) is 22.5. The molecular weight excluding hydrogens is 396 g/mol. The fourth-order valence-corrected chi connectivity index (χ4v) is 5.83. The molecule has 2 heterocycles. The third-order valence-corrected chi connectivity index (χ3v) is 8.00. The number of fused-ring (bicyclic) bond motifs is 3. The molecule has 1 aliphatic carbocycles. The predicted molar refractivity (Wildman–Crippen MR) is 131 cm³/mol. The minimum Gasteiger partial charge on any atom is -0.378 e. The van der Waals surface area contributed by atoms with Gasteiger partial charge in [0.2, 0.25) is 0 Å². The fourth-order valence-electron chi connectivity index (χ4n) is 5.83. The molecule has 0 aromatic heterocycles. The highest BCUT2D eigenvalue weighted by atomic mass is 16.5. The Labute approximate surface area is 192 Å². The summed E-state index contributed by atoms with van der Waals surface area (Å²) in [6.07, 6.45) is 3.65. The zero-order valence-electron chi connectivity index (χ0n) is 20.0. The van der Waals surface area contributed by atoms with Crippen LogP contribution in [0.4, 0.5) is 5.69 Å². The maximum Gasteiger partial charge on any atom is 0.182 e. The number of nitrogens with zero attached hydrogens (tertiary/aromatic N) is 2. The molecule has 0 N–H and O–H groups in total. The number of likely N-dealkylation sites (tertiary alicyclic amines) is 1. The van der Waals surface area contributed by atoms with Gasteiger partial charge in [-0.15, -0.1) is 0 Å². The van der Waals surface area contributed by atoms with E-state index in [1.807, 2.05) is 6.07 Å². The van der Waals surface area contributed by atoms with Gasteiger partial charge in [0, 0.05) is 29.8 Å². The second-order valence-electron chi connectivity index (χ2n) is 10.7. The first-order chi connectivity index (χ1) is 15.3. The monoisotopic (exact) mass is 432 g/mol. The molecule has 0 saturated carbocycles. The van der Waals surface area contributed by atoms with Crippen LogP contribution in [0, 0.1) is 0 Å². The van der Waals surface area contributed by atoms with E-state index in [1.54, 1.807) is 0 Å². The average Bonchev–Trinajstić information content (AvgIpc) is 3.05. The van der Waals surface area contributed by atoms with Gasteiger partial charge >= 0.3 is 0 Å². The number of carbonyl (C=O) groups excluding carboxylic acids is 1. The zero-order valence-corrected chi connectivity index (χ0v) is 20.0. The summed E-state index contributed by atoms with van der Waals surface area (Å²) >= 11 is 0. The maximum atomic E-state index is 13.6. The molecule has 2 saturated heterocycles. The summed E-state index contributed by atoms with van der Waals surface area (Å²) < 4.78 is 5.54. The molecule has 0 bridgehead atoms. The van der Waals surface area contributed by atoms with Crippen LogP contribution in [0.1, 0.15) is 68.4 Å². The number of morpholine rings is 1. The van der Waals surface area contributed by atoms with E-state index in [-0.39, 0.29) is 11.2 Å². The van der Waals surface area contributed by atoms with Crippen LogP contribution in [0.2, 0.25) is 0 Å². The minimum absolute atomic E-state index is 0.126. The first kappa shape index (κ1) is 21.7. The van der Waals surface area contributed by atoms with E-state index in [1.165, 1.54) is 47.2 Å². The highest BCUT2D eigenvalue weighted by Gasteiger charge is 2.39. The molecule has 0 radical (unpaired) electrons. The average molecular weight is 433 g/mol. The van der Waals surface area contributed by atoms with Crippen molar-refractivity contribution >= 4 is 11.5 Å². The molecule has 0 atom stereocenters. The second-order valence-corrected chi connectivity index (χ2v) is 10.7. The first-order valence-electron chi connectivity index (χ1n) is 12.2. The van der Waals surface area contributed by atoms with E-state index in [2.05, 4.69) is 67.8 Å². The Morgan fingerprint density at radius 3 is 2.19 bits per heavy atom. The molecular formula is C28H36N2O2. The SMILES string of the molecule is CC1(C)c2cc(C(=O)C(C)(C)N3CCCCC3)ccc2-c2ccc(N3CCOCC3)cc21. The van der Waals surface area contributed by atoms with Gasteiger partial charge in [0.1, 0.15) is 0 Å². The number of hydrogen-bond donors (Lipinski definition) is 0. The lowest BCUT2D eigenvalue weighted by molar-refractivity contribution is 0.0579. The molecule has 170 valence electrons. The van der Waals surface area contributed by atoms with Crippen LogP contribution in [0.3, 0.4) is 0 Å². The Balaban J connectivity index is 1.48. The number of rotatable bonds is 4. The van der Waals surface area contributed by atoms with Crippen molar-refractivity contribution in [1.82, 2.24) is 4.90 Å². The quantitative estimate of drug-likeness (QED) is 0.616. The van der Waals surface area contributed by atoms with Crippen molar-refractivity contribution in [3.8, 4) is 11.1 Å². The number of Topliss-reactive ketones (excluding diaryl/α,β-unsaturated/α-hetero) is 1. The molecule has 4 heteroatoms. The first-order valence-corrected chi connectivity index (χ1v) is 12.2. The number of carbonyl (C=O) groups is 1. The highest BCUT2D eigenvalue weighted by Crippen LogP contribution is 2.50. The molecule has 0 spiro atoms. The summed E-state index contributed by atoms with van der Waals surface area (Å²) in [5.41, 5.74) is 6.72. The highest BCUT2D eigenvalue weighted by molar-refractivity contribution is 6.03. The van der Waals surface area contributed by atoms with Gasteiger partial charge in [0.05, 0.1) is 18.8 Å². The van der Waals surface area contributed by atoms with Gasteiger partial charge in [-0.2, -0.15) is 0 Å². The van der Waals surface area contributed by atoms with Gasteiger partial charge in [-0.3, -0.25) is 9.69 Å². The Morgan fingerprint density at radius 2 is 1.50 bits per heavy atom. The Kier molecular flexibility index (Phi) is 5.42. The van der Waals surface area contributed by atoms with Crippen LogP contribution < -0.4 is 4.90 Å². The number of hydrogen-bond acceptors (Lipinski definition) is 4. The lowest BCUT2D eigenvalue weighted by atomic mass is 9.80. The molecule has 4 nitrogen and oxygen atoms in total. The standard InChI is InChI=1S/C28H36N2O2/c1-27(2)24-18-20(26(31)28(3,4)30-12-6-5-7-13-30)8-10-22(24)23-11-9-21(19-25(23)27)29-14-16-32-17-15-29/h8-11,18-19H,5-7,12-17H2,1-4H3. The van der Waals surface area contributed by atoms with Crippen molar-refractivity contribution in [2.24, 2.45) is 0 Å². The van der Waals surface area contributed by atoms with E-state index in [4.69, 9.17) is 4.74 Å². The summed E-state index contributed by atoms with van der Waals surface area (Å²) in [4.78, 5) is 18.4. The third-order valence-electron chi connectivity index (χ3n) is 8.00. The molecule has 2 aliphatic heterocycles. The molecule has 2 aromatic rings. The number of piperidine rings is 1. The smallest absolute Gasteiger partial charge is 0.182 e. The van der Waals surface area contributed by atoms with Crippen molar-refractivity contribution < 1.29 is 9.53 Å². The second kappa shape index (κ2) is 8.00. The van der Waals surface area contributed by atoms with Crippen molar-refractivity contribution in [2.75, 3.05) is 44.3 Å². The van der Waals surface area contributed by atoms with Gasteiger partial charge in [-0.25, -0.2) is 0 Å².